The maximum absolute atomic E-state index is 6.11. The Morgan fingerprint density at radius 2 is 2.44 bits per heavy atom. The van der Waals surface area contributed by atoms with Crippen LogP contribution in [-0.4, -0.2) is 22.1 Å². The molecule has 16 heavy (non-hydrogen) atoms. The zero-order valence-corrected chi connectivity index (χ0v) is 10.1. The van der Waals surface area contributed by atoms with Crippen molar-refractivity contribution in [2.75, 3.05) is 7.11 Å². The van der Waals surface area contributed by atoms with Crippen LogP contribution in [0, 0.1) is 0 Å². The van der Waals surface area contributed by atoms with Crippen LogP contribution in [0.2, 0.25) is 0 Å². The number of thiophene rings is 1. The van der Waals surface area contributed by atoms with E-state index in [1.165, 1.54) is 0 Å². The summed E-state index contributed by atoms with van der Waals surface area (Å²) in [5, 5.41) is 9.87. The smallest absolute Gasteiger partial charge is 0.134 e. The summed E-state index contributed by atoms with van der Waals surface area (Å²) in [7, 11) is 3.49. The quantitative estimate of drug-likeness (QED) is 0.867. The SMILES string of the molecule is COc1ccsc1C(N)Cc1cn(C)nn1. The normalized spacial score (nSPS) is 12.7. The van der Waals surface area contributed by atoms with Crippen LogP contribution in [0.4, 0.5) is 0 Å². The Morgan fingerprint density at radius 1 is 1.62 bits per heavy atom. The number of aryl methyl sites for hydroxylation is 1. The molecule has 2 rings (SSSR count). The van der Waals surface area contributed by atoms with Crippen LogP contribution in [0.3, 0.4) is 0 Å². The van der Waals surface area contributed by atoms with Crippen molar-refractivity contribution in [1.82, 2.24) is 15.0 Å². The molecule has 0 aliphatic heterocycles. The van der Waals surface area contributed by atoms with Crippen LogP contribution in [0.25, 0.3) is 0 Å². The number of nitrogens with zero attached hydrogens (tertiary/aromatic N) is 3. The molecule has 5 nitrogen and oxygen atoms in total. The Balaban J connectivity index is 2.11. The molecule has 2 aromatic heterocycles. The van der Waals surface area contributed by atoms with Gasteiger partial charge in [0.15, 0.2) is 0 Å². The highest BCUT2D eigenvalue weighted by Crippen LogP contribution is 2.30. The molecule has 2 aromatic rings. The van der Waals surface area contributed by atoms with Crippen LogP contribution < -0.4 is 10.5 Å². The van der Waals surface area contributed by atoms with Gasteiger partial charge < -0.3 is 10.5 Å². The maximum atomic E-state index is 6.11. The van der Waals surface area contributed by atoms with Crippen molar-refractivity contribution in [1.29, 1.82) is 0 Å². The summed E-state index contributed by atoms with van der Waals surface area (Å²) < 4.78 is 6.91. The van der Waals surface area contributed by atoms with Gasteiger partial charge in [-0.15, -0.1) is 16.4 Å². The van der Waals surface area contributed by atoms with Crippen molar-refractivity contribution >= 4 is 11.3 Å². The third-order valence-corrected chi connectivity index (χ3v) is 3.32. The summed E-state index contributed by atoms with van der Waals surface area (Å²) in [6.07, 6.45) is 2.55. The van der Waals surface area contributed by atoms with Gasteiger partial charge in [0.2, 0.25) is 0 Å². The number of nitrogens with two attached hydrogens (primary N) is 1. The molecule has 2 heterocycles. The van der Waals surface area contributed by atoms with Crippen LogP contribution in [0.1, 0.15) is 16.6 Å². The summed E-state index contributed by atoms with van der Waals surface area (Å²) >= 11 is 1.60. The van der Waals surface area contributed by atoms with Gasteiger partial charge in [-0.1, -0.05) is 5.21 Å². The van der Waals surface area contributed by atoms with Crippen molar-refractivity contribution < 1.29 is 4.74 Å². The van der Waals surface area contributed by atoms with Crippen molar-refractivity contribution in [3.05, 3.63) is 28.2 Å². The van der Waals surface area contributed by atoms with E-state index in [-0.39, 0.29) is 6.04 Å². The van der Waals surface area contributed by atoms with Gasteiger partial charge in [0.25, 0.3) is 0 Å². The molecular formula is C10H14N4OS. The van der Waals surface area contributed by atoms with E-state index in [1.807, 2.05) is 24.7 Å². The number of hydrogen-bond donors (Lipinski definition) is 1. The molecule has 0 fully saturated rings. The largest absolute Gasteiger partial charge is 0.496 e. The second kappa shape index (κ2) is 4.63. The van der Waals surface area contributed by atoms with Crippen molar-refractivity contribution in [3.8, 4) is 5.75 Å². The molecule has 6 heteroatoms. The Morgan fingerprint density at radius 3 is 3.06 bits per heavy atom. The van der Waals surface area contributed by atoms with E-state index in [2.05, 4.69) is 10.3 Å². The monoisotopic (exact) mass is 238 g/mol. The Hall–Kier alpha value is -1.40. The first kappa shape index (κ1) is 11.1. The van der Waals surface area contributed by atoms with E-state index in [4.69, 9.17) is 10.5 Å². The van der Waals surface area contributed by atoms with Crippen LogP contribution in [0.15, 0.2) is 17.6 Å². The number of methoxy groups -OCH3 is 1. The predicted molar refractivity (Wildman–Crippen MR) is 62.5 cm³/mol. The first-order valence-corrected chi connectivity index (χ1v) is 5.81. The molecule has 0 radical (unpaired) electrons. The van der Waals surface area contributed by atoms with Gasteiger partial charge in [0.05, 0.1) is 17.7 Å². The van der Waals surface area contributed by atoms with Crippen LogP contribution >= 0.6 is 11.3 Å². The molecule has 0 aliphatic rings. The van der Waals surface area contributed by atoms with E-state index in [9.17, 15) is 0 Å². The molecule has 1 unspecified atom stereocenters. The van der Waals surface area contributed by atoms with E-state index in [0.717, 1.165) is 16.3 Å². The van der Waals surface area contributed by atoms with E-state index >= 15 is 0 Å². The second-order valence-corrected chi connectivity index (χ2v) is 4.50. The fourth-order valence-electron chi connectivity index (χ4n) is 1.55. The summed E-state index contributed by atoms with van der Waals surface area (Å²) in [6, 6.07) is 1.84. The number of rotatable bonds is 4. The minimum atomic E-state index is -0.0911. The fraction of sp³-hybridized carbons (Fsp3) is 0.400. The summed E-state index contributed by atoms with van der Waals surface area (Å²) in [4.78, 5) is 1.05. The van der Waals surface area contributed by atoms with Gasteiger partial charge in [-0.25, -0.2) is 0 Å². The predicted octanol–water partition coefficient (Wildman–Crippen LogP) is 1.13. The lowest BCUT2D eigenvalue weighted by molar-refractivity contribution is 0.408. The average molecular weight is 238 g/mol. The lowest BCUT2D eigenvalue weighted by atomic mass is 10.1. The molecule has 0 spiro atoms. The zero-order valence-electron chi connectivity index (χ0n) is 9.25. The van der Waals surface area contributed by atoms with Crippen molar-refractivity contribution in [2.45, 2.75) is 12.5 Å². The highest BCUT2D eigenvalue weighted by molar-refractivity contribution is 7.10. The lowest BCUT2D eigenvalue weighted by Gasteiger charge is -2.09. The van der Waals surface area contributed by atoms with E-state index < -0.39 is 0 Å². The molecule has 2 N–H and O–H groups in total. The summed E-state index contributed by atoms with van der Waals surface area (Å²) in [6.45, 7) is 0. The highest BCUT2D eigenvalue weighted by atomic mass is 32.1. The summed E-state index contributed by atoms with van der Waals surface area (Å²) in [5.41, 5.74) is 7.00. The second-order valence-electron chi connectivity index (χ2n) is 3.55. The maximum Gasteiger partial charge on any atom is 0.134 e. The van der Waals surface area contributed by atoms with Gasteiger partial charge in [-0.2, -0.15) is 0 Å². The lowest BCUT2D eigenvalue weighted by Crippen LogP contribution is -2.13. The van der Waals surface area contributed by atoms with Gasteiger partial charge in [-0.3, -0.25) is 4.68 Å². The third-order valence-electron chi connectivity index (χ3n) is 2.29. The Kier molecular flexibility index (Phi) is 3.21. The standard InChI is InChI=1S/C10H14N4OS/c1-14-6-7(12-13-14)5-8(11)10-9(15-2)3-4-16-10/h3-4,6,8H,5,11H2,1-2H3. The number of aromatic nitrogens is 3. The van der Waals surface area contributed by atoms with E-state index in [0.29, 0.717) is 6.42 Å². The third kappa shape index (κ3) is 2.23. The summed E-state index contributed by atoms with van der Waals surface area (Å²) in [5.74, 6) is 0.849. The highest BCUT2D eigenvalue weighted by Gasteiger charge is 2.15. The molecule has 0 saturated heterocycles. The molecular weight excluding hydrogens is 224 g/mol. The molecule has 1 atom stereocenters. The fourth-order valence-corrected chi connectivity index (χ4v) is 2.42. The zero-order chi connectivity index (χ0) is 11.5. The van der Waals surface area contributed by atoms with Crippen molar-refractivity contribution in [3.63, 3.8) is 0 Å². The van der Waals surface area contributed by atoms with Gasteiger partial charge in [0, 0.05) is 25.7 Å². The molecule has 0 bridgehead atoms. The minimum absolute atomic E-state index is 0.0911. The van der Waals surface area contributed by atoms with E-state index in [1.54, 1.807) is 23.1 Å². The number of hydrogen-bond acceptors (Lipinski definition) is 5. The minimum Gasteiger partial charge on any atom is -0.496 e. The van der Waals surface area contributed by atoms with Gasteiger partial charge >= 0.3 is 0 Å². The van der Waals surface area contributed by atoms with Crippen LogP contribution in [-0.2, 0) is 13.5 Å². The molecule has 86 valence electrons. The number of ether oxygens (including phenoxy) is 1. The topological polar surface area (TPSA) is 66.0 Å². The molecule has 0 aliphatic carbocycles. The Labute approximate surface area is 97.8 Å². The molecule has 0 amide bonds. The Bertz CT molecular complexity index is 465. The first-order valence-electron chi connectivity index (χ1n) is 4.93. The van der Waals surface area contributed by atoms with Gasteiger partial charge in [0.1, 0.15) is 5.75 Å². The van der Waals surface area contributed by atoms with Crippen LogP contribution in [0.5, 0.6) is 5.75 Å². The van der Waals surface area contributed by atoms with Gasteiger partial charge in [-0.05, 0) is 11.4 Å². The first-order chi connectivity index (χ1) is 7.70. The average Bonchev–Trinajstić information content (AvgIpc) is 2.86. The molecule has 0 aromatic carbocycles. The van der Waals surface area contributed by atoms with Crippen molar-refractivity contribution in [2.24, 2.45) is 12.8 Å². The molecule has 0 saturated carbocycles.